The van der Waals surface area contributed by atoms with E-state index in [-0.39, 0.29) is 67.4 Å². The number of hydrogen-bond donors (Lipinski definition) is 2. The van der Waals surface area contributed by atoms with Crippen LogP contribution in [0.4, 0.5) is 20.2 Å². The summed E-state index contributed by atoms with van der Waals surface area (Å²) in [6, 6.07) is 16.3. The summed E-state index contributed by atoms with van der Waals surface area (Å²) in [6.45, 7) is 1.43. The van der Waals surface area contributed by atoms with Crippen molar-refractivity contribution >= 4 is 49.4 Å². The topological polar surface area (TPSA) is 158 Å². The highest BCUT2D eigenvalue weighted by atomic mass is 32.2. The van der Waals surface area contributed by atoms with Gasteiger partial charge in [0, 0.05) is 24.2 Å². The lowest BCUT2D eigenvalue weighted by atomic mass is 9.96. The molecular formula is C31H22F2N4O7S. The van der Waals surface area contributed by atoms with E-state index in [0.717, 1.165) is 0 Å². The number of carbonyl (C=O) groups is 1. The number of hydrogen-bond acceptors (Lipinski definition) is 8. The number of rotatable bonds is 8. The molecule has 45 heavy (non-hydrogen) atoms. The number of halogens is 2. The lowest BCUT2D eigenvalue weighted by molar-refractivity contribution is -0.384. The maximum absolute atomic E-state index is 14.4. The predicted molar refractivity (Wildman–Crippen MR) is 163 cm³/mol. The number of anilines is 1. The number of nitrogens with zero attached hydrogens (tertiary/aromatic N) is 2. The molecule has 0 unspecified atom stereocenters. The predicted octanol–water partition coefficient (Wildman–Crippen LogP) is 6.88. The summed E-state index contributed by atoms with van der Waals surface area (Å²) in [4.78, 5) is 28.8. The number of carbonyl (C=O) groups excluding carboxylic acids is 1. The molecule has 0 aliphatic rings. The highest BCUT2D eigenvalue weighted by Gasteiger charge is 2.29. The molecule has 0 radical (unpaired) electrons. The number of amides is 1. The SMILES string of the molecule is CCS(=O)(=O)Nc1c(-c2ccc([N+](=O)[O-])c(-c3nc4c(F)cccc4o3)c2)ccc2oc(-c3ccc(F)cc3)c(C(=O)NC)c12. The zero-order chi connectivity index (χ0) is 32.0. The Hall–Kier alpha value is -5.63. The molecule has 14 heteroatoms. The first-order chi connectivity index (χ1) is 21.5. The molecule has 0 spiro atoms. The number of nitrogens with one attached hydrogen (secondary N) is 2. The summed E-state index contributed by atoms with van der Waals surface area (Å²) < 4.78 is 68.4. The minimum Gasteiger partial charge on any atom is -0.455 e. The minimum atomic E-state index is -3.96. The second kappa shape index (κ2) is 11.1. The Morgan fingerprint density at radius 2 is 1.69 bits per heavy atom. The Bertz CT molecular complexity index is 2260. The van der Waals surface area contributed by atoms with Gasteiger partial charge < -0.3 is 14.2 Å². The van der Waals surface area contributed by atoms with Crippen LogP contribution >= 0.6 is 0 Å². The normalized spacial score (nSPS) is 11.6. The van der Waals surface area contributed by atoms with Crippen LogP contribution < -0.4 is 10.0 Å². The number of sulfonamides is 1. The number of nitro groups is 1. The van der Waals surface area contributed by atoms with Crippen LogP contribution in [0, 0.1) is 21.7 Å². The number of furan rings is 1. The van der Waals surface area contributed by atoms with Crippen molar-refractivity contribution in [2.24, 2.45) is 0 Å². The molecule has 0 saturated carbocycles. The van der Waals surface area contributed by atoms with Gasteiger partial charge in [-0.2, -0.15) is 0 Å². The van der Waals surface area contributed by atoms with Gasteiger partial charge in [0.15, 0.2) is 11.4 Å². The van der Waals surface area contributed by atoms with Crippen LogP contribution in [0.1, 0.15) is 17.3 Å². The van der Waals surface area contributed by atoms with Crippen molar-refractivity contribution in [2.75, 3.05) is 17.5 Å². The first-order valence-electron chi connectivity index (χ1n) is 13.4. The molecule has 0 aliphatic carbocycles. The van der Waals surface area contributed by atoms with E-state index in [1.807, 2.05) is 0 Å². The van der Waals surface area contributed by atoms with Gasteiger partial charge in [-0.1, -0.05) is 6.07 Å². The van der Waals surface area contributed by atoms with E-state index in [9.17, 15) is 32.1 Å². The average Bonchev–Trinajstić information content (AvgIpc) is 3.64. The fraction of sp³-hybridized carbons (Fsp3) is 0.0968. The van der Waals surface area contributed by atoms with E-state index < -0.39 is 38.2 Å². The van der Waals surface area contributed by atoms with Crippen LogP contribution in [0.15, 0.2) is 81.6 Å². The maximum atomic E-state index is 14.4. The minimum absolute atomic E-state index is 0.0219. The summed E-state index contributed by atoms with van der Waals surface area (Å²) >= 11 is 0. The molecule has 228 valence electrons. The summed E-state index contributed by atoms with van der Waals surface area (Å²) in [5, 5.41) is 14.6. The fourth-order valence-electron chi connectivity index (χ4n) is 4.98. The highest BCUT2D eigenvalue weighted by molar-refractivity contribution is 7.92. The van der Waals surface area contributed by atoms with Crippen molar-refractivity contribution in [1.82, 2.24) is 10.3 Å². The van der Waals surface area contributed by atoms with Gasteiger partial charge in [-0.3, -0.25) is 19.6 Å². The molecule has 11 nitrogen and oxygen atoms in total. The van der Waals surface area contributed by atoms with E-state index in [1.165, 1.54) is 86.8 Å². The summed E-state index contributed by atoms with van der Waals surface area (Å²) in [5.74, 6) is -2.28. The third kappa shape index (κ3) is 5.25. The van der Waals surface area contributed by atoms with Crippen LogP contribution in [-0.2, 0) is 10.0 Å². The molecule has 0 bridgehead atoms. The van der Waals surface area contributed by atoms with E-state index in [1.54, 1.807) is 0 Å². The number of aromatic nitrogens is 1. The maximum Gasteiger partial charge on any atom is 0.282 e. The Morgan fingerprint density at radius 1 is 0.956 bits per heavy atom. The zero-order valence-corrected chi connectivity index (χ0v) is 24.4. The van der Waals surface area contributed by atoms with E-state index in [2.05, 4.69) is 15.0 Å². The second-order valence-corrected chi connectivity index (χ2v) is 11.9. The molecule has 0 saturated heterocycles. The largest absolute Gasteiger partial charge is 0.455 e. The molecule has 0 atom stereocenters. The van der Waals surface area contributed by atoms with Crippen molar-refractivity contribution in [3.05, 3.63) is 100 Å². The van der Waals surface area contributed by atoms with Crippen LogP contribution in [0.3, 0.4) is 0 Å². The van der Waals surface area contributed by atoms with Crippen molar-refractivity contribution in [3.63, 3.8) is 0 Å². The van der Waals surface area contributed by atoms with Crippen molar-refractivity contribution < 1.29 is 35.8 Å². The molecule has 1 amide bonds. The highest BCUT2D eigenvalue weighted by Crippen LogP contribution is 2.44. The average molecular weight is 633 g/mol. The van der Waals surface area contributed by atoms with Gasteiger partial charge in [-0.05, 0) is 73.2 Å². The number of benzene rings is 4. The lowest BCUT2D eigenvalue weighted by Crippen LogP contribution is -2.20. The van der Waals surface area contributed by atoms with Crippen LogP contribution in [0.5, 0.6) is 0 Å². The molecule has 6 aromatic rings. The van der Waals surface area contributed by atoms with Gasteiger partial charge in [0.1, 0.15) is 28.2 Å². The smallest absolute Gasteiger partial charge is 0.282 e. The van der Waals surface area contributed by atoms with Crippen molar-refractivity contribution in [1.29, 1.82) is 0 Å². The molecule has 6 rings (SSSR count). The molecule has 2 heterocycles. The molecule has 2 aromatic heterocycles. The van der Waals surface area contributed by atoms with Crippen molar-refractivity contribution in [2.45, 2.75) is 6.92 Å². The Kier molecular flexibility index (Phi) is 7.29. The Balaban J connectivity index is 1.65. The number of oxazole rings is 1. The van der Waals surface area contributed by atoms with Gasteiger partial charge in [0.2, 0.25) is 15.9 Å². The zero-order valence-electron chi connectivity index (χ0n) is 23.6. The lowest BCUT2D eigenvalue weighted by Gasteiger charge is -2.15. The summed E-state index contributed by atoms with van der Waals surface area (Å²) in [5.41, 5.74) is 0.422. The van der Waals surface area contributed by atoms with Crippen LogP contribution in [-0.4, -0.2) is 37.0 Å². The van der Waals surface area contributed by atoms with Gasteiger partial charge in [-0.25, -0.2) is 22.2 Å². The third-order valence-corrected chi connectivity index (χ3v) is 8.43. The Morgan fingerprint density at radius 3 is 2.36 bits per heavy atom. The van der Waals surface area contributed by atoms with E-state index >= 15 is 0 Å². The number of fused-ring (bicyclic) bond motifs is 2. The monoisotopic (exact) mass is 632 g/mol. The quantitative estimate of drug-likeness (QED) is 0.136. The third-order valence-electron chi connectivity index (χ3n) is 7.16. The van der Waals surface area contributed by atoms with Crippen LogP contribution in [0.2, 0.25) is 0 Å². The molecular weight excluding hydrogens is 610 g/mol. The molecule has 4 aromatic carbocycles. The van der Waals surface area contributed by atoms with E-state index in [0.29, 0.717) is 5.56 Å². The van der Waals surface area contributed by atoms with Gasteiger partial charge in [0.25, 0.3) is 11.6 Å². The van der Waals surface area contributed by atoms with E-state index in [4.69, 9.17) is 8.83 Å². The molecule has 0 fully saturated rings. The number of para-hydroxylation sites is 1. The van der Waals surface area contributed by atoms with Gasteiger partial charge in [-0.15, -0.1) is 0 Å². The van der Waals surface area contributed by atoms with Gasteiger partial charge in [0.05, 0.1) is 27.3 Å². The molecule has 0 aliphatic heterocycles. The fourth-order valence-corrected chi connectivity index (χ4v) is 5.64. The number of nitro benzene ring substituents is 1. The van der Waals surface area contributed by atoms with Crippen LogP contribution in [0.25, 0.3) is 56.0 Å². The second-order valence-electron chi connectivity index (χ2n) is 9.85. The van der Waals surface area contributed by atoms with Crippen molar-refractivity contribution in [3.8, 4) is 33.9 Å². The summed E-state index contributed by atoms with van der Waals surface area (Å²) in [7, 11) is -2.57. The van der Waals surface area contributed by atoms with Gasteiger partial charge >= 0.3 is 0 Å². The summed E-state index contributed by atoms with van der Waals surface area (Å²) in [6.07, 6.45) is 0. The Labute approximate surface area is 253 Å². The standard InChI is InChI=1S/C31H22F2N4O7S/c1-3-45(41,42)36-27-19(12-14-23-25(27)26(30(38)34-2)29(43-23)16-7-10-18(32)11-8-16)17-9-13-22(37(39)40)20(15-17)31-35-28-21(33)5-4-6-24(28)44-31/h4-15,36H,3H2,1-2H3,(H,34,38). The molecule has 2 N–H and O–H groups in total. The first-order valence-corrected chi connectivity index (χ1v) is 15.1. The first kappa shape index (κ1) is 29.4.